The van der Waals surface area contributed by atoms with Crippen molar-refractivity contribution in [3.05, 3.63) is 16.3 Å². The molecule has 94 valence electrons. The molecule has 0 atom stereocenters. The van der Waals surface area contributed by atoms with E-state index in [0.29, 0.717) is 17.2 Å². The van der Waals surface area contributed by atoms with Crippen LogP contribution >= 0.6 is 11.3 Å². The average Bonchev–Trinajstić information content (AvgIpc) is 2.77. The second-order valence-electron chi connectivity index (χ2n) is 3.79. The molecule has 2 rings (SSSR count). The number of nitrogens with zero attached hydrogens (tertiary/aromatic N) is 1. The first-order chi connectivity index (χ1) is 8.27. The molecule has 0 bridgehead atoms. The van der Waals surface area contributed by atoms with Gasteiger partial charge >= 0.3 is 5.97 Å². The molecule has 0 unspecified atom stereocenters. The summed E-state index contributed by atoms with van der Waals surface area (Å²) in [5, 5.41) is 1.79. The third-order valence-corrected chi connectivity index (χ3v) is 3.54. The lowest BCUT2D eigenvalue weighted by Crippen LogP contribution is -2.38. The molecule has 6 heteroatoms. The first-order valence-corrected chi connectivity index (χ1v) is 6.45. The molecule has 1 fully saturated rings. The summed E-state index contributed by atoms with van der Waals surface area (Å²) in [4.78, 5) is 14.3. The third-order valence-electron chi connectivity index (χ3n) is 2.63. The topological polar surface area (TPSA) is 64.8 Å². The van der Waals surface area contributed by atoms with Crippen LogP contribution in [0, 0.1) is 0 Å². The number of nitrogen functional groups attached to an aromatic ring is 1. The van der Waals surface area contributed by atoms with E-state index < -0.39 is 0 Å². The van der Waals surface area contributed by atoms with E-state index in [-0.39, 0.29) is 5.97 Å². The Bertz CT molecular complexity index is 375. The van der Waals surface area contributed by atoms with Gasteiger partial charge in [-0.25, -0.2) is 4.79 Å². The molecule has 0 spiro atoms. The summed E-state index contributed by atoms with van der Waals surface area (Å²) in [5.41, 5.74) is 6.13. The molecule has 0 aromatic carbocycles. The predicted octanol–water partition coefficient (Wildman–Crippen LogP) is 0.819. The Hall–Kier alpha value is -1.11. The zero-order valence-corrected chi connectivity index (χ0v) is 10.4. The van der Waals surface area contributed by atoms with Crippen LogP contribution in [0.15, 0.2) is 11.4 Å². The number of carbonyl (C=O) groups excluding carboxylic acids is 1. The minimum absolute atomic E-state index is 0.328. The number of esters is 1. The Balaban J connectivity index is 1.71. The van der Waals surface area contributed by atoms with Gasteiger partial charge in [0, 0.05) is 19.6 Å². The van der Waals surface area contributed by atoms with Crippen molar-refractivity contribution in [3.63, 3.8) is 0 Å². The summed E-state index contributed by atoms with van der Waals surface area (Å²) >= 11 is 1.31. The summed E-state index contributed by atoms with van der Waals surface area (Å²) in [6.07, 6.45) is 0. The highest BCUT2D eigenvalue weighted by Gasteiger charge is 2.14. The monoisotopic (exact) mass is 256 g/mol. The van der Waals surface area contributed by atoms with Crippen molar-refractivity contribution in [3.8, 4) is 0 Å². The predicted molar refractivity (Wildman–Crippen MR) is 66.3 cm³/mol. The zero-order valence-electron chi connectivity index (χ0n) is 9.55. The molecule has 0 saturated carbocycles. The number of nitrogens with two attached hydrogens (primary N) is 1. The fraction of sp³-hybridized carbons (Fsp3) is 0.545. The third kappa shape index (κ3) is 3.42. The first kappa shape index (κ1) is 12.3. The number of ether oxygens (including phenoxy) is 2. The van der Waals surface area contributed by atoms with Gasteiger partial charge in [0.15, 0.2) is 0 Å². The van der Waals surface area contributed by atoms with Crippen molar-refractivity contribution in [2.45, 2.75) is 0 Å². The minimum atomic E-state index is -0.328. The SMILES string of the molecule is Nc1ccsc1C(=O)OCCN1CCOCC1. The smallest absolute Gasteiger partial charge is 0.350 e. The zero-order chi connectivity index (χ0) is 12.1. The van der Waals surface area contributed by atoms with Gasteiger partial charge in [0.25, 0.3) is 0 Å². The van der Waals surface area contributed by atoms with Crippen molar-refractivity contribution >= 4 is 23.0 Å². The van der Waals surface area contributed by atoms with Crippen LogP contribution in [0.25, 0.3) is 0 Å². The minimum Gasteiger partial charge on any atom is -0.460 e. The number of hydrogen-bond donors (Lipinski definition) is 1. The fourth-order valence-corrected chi connectivity index (χ4v) is 2.35. The number of hydrogen-bond acceptors (Lipinski definition) is 6. The molecule has 0 aliphatic carbocycles. The standard InChI is InChI=1S/C11H16N2O3S/c12-9-1-8-17-10(9)11(14)16-7-4-13-2-5-15-6-3-13/h1,8H,2-7,12H2. The maximum Gasteiger partial charge on any atom is 0.350 e. The van der Waals surface area contributed by atoms with Crippen LogP contribution in [0.4, 0.5) is 5.69 Å². The molecular weight excluding hydrogens is 240 g/mol. The van der Waals surface area contributed by atoms with E-state index in [1.165, 1.54) is 11.3 Å². The molecule has 1 aliphatic rings. The summed E-state index contributed by atoms with van der Waals surface area (Å²) in [7, 11) is 0. The van der Waals surface area contributed by atoms with Crippen molar-refractivity contribution < 1.29 is 14.3 Å². The van der Waals surface area contributed by atoms with E-state index >= 15 is 0 Å². The van der Waals surface area contributed by atoms with Crippen LogP contribution in [0.2, 0.25) is 0 Å². The van der Waals surface area contributed by atoms with E-state index in [0.717, 1.165) is 32.8 Å². The van der Waals surface area contributed by atoms with E-state index in [1.54, 1.807) is 11.4 Å². The Morgan fingerprint density at radius 1 is 1.53 bits per heavy atom. The molecule has 17 heavy (non-hydrogen) atoms. The Morgan fingerprint density at radius 3 is 2.94 bits per heavy atom. The summed E-state index contributed by atoms with van der Waals surface area (Å²) in [6, 6.07) is 1.71. The number of carbonyl (C=O) groups is 1. The number of rotatable bonds is 4. The van der Waals surface area contributed by atoms with E-state index in [4.69, 9.17) is 15.2 Å². The van der Waals surface area contributed by atoms with Crippen LogP contribution in [0.1, 0.15) is 9.67 Å². The molecule has 1 aromatic heterocycles. The fourth-order valence-electron chi connectivity index (χ4n) is 1.64. The van der Waals surface area contributed by atoms with Gasteiger partial charge in [-0.3, -0.25) is 4.90 Å². The second kappa shape index (κ2) is 6.00. The highest BCUT2D eigenvalue weighted by Crippen LogP contribution is 2.19. The number of anilines is 1. The first-order valence-electron chi connectivity index (χ1n) is 5.57. The van der Waals surface area contributed by atoms with Crippen LogP contribution in [0.5, 0.6) is 0 Å². The van der Waals surface area contributed by atoms with Crippen molar-refractivity contribution in [2.24, 2.45) is 0 Å². The van der Waals surface area contributed by atoms with E-state index in [9.17, 15) is 4.79 Å². The molecule has 2 heterocycles. The molecular formula is C11H16N2O3S. The van der Waals surface area contributed by atoms with Crippen LogP contribution in [-0.4, -0.2) is 50.3 Å². The lowest BCUT2D eigenvalue weighted by atomic mass is 10.4. The molecule has 0 radical (unpaired) electrons. The largest absolute Gasteiger partial charge is 0.460 e. The second-order valence-corrected chi connectivity index (χ2v) is 4.71. The normalized spacial score (nSPS) is 16.9. The highest BCUT2D eigenvalue weighted by molar-refractivity contribution is 7.12. The Labute approximate surface area is 104 Å². The van der Waals surface area contributed by atoms with Crippen molar-refractivity contribution in [2.75, 3.05) is 45.2 Å². The van der Waals surface area contributed by atoms with Crippen molar-refractivity contribution in [1.29, 1.82) is 0 Å². The lowest BCUT2D eigenvalue weighted by Gasteiger charge is -2.26. The Kier molecular flexibility index (Phi) is 4.36. The van der Waals surface area contributed by atoms with Gasteiger partial charge in [-0.1, -0.05) is 0 Å². The van der Waals surface area contributed by atoms with Crippen molar-refractivity contribution in [1.82, 2.24) is 4.90 Å². The van der Waals surface area contributed by atoms with Gasteiger partial charge < -0.3 is 15.2 Å². The summed E-state index contributed by atoms with van der Waals surface area (Å²) in [5.74, 6) is -0.328. The average molecular weight is 256 g/mol. The summed E-state index contributed by atoms with van der Waals surface area (Å²) in [6.45, 7) is 4.46. The van der Waals surface area contributed by atoms with Gasteiger partial charge in [0.1, 0.15) is 11.5 Å². The van der Waals surface area contributed by atoms with Gasteiger partial charge in [0.05, 0.1) is 18.9 Å². The van der Waals surface area contributed by atoms with Gasteiger partial charge in [-0.2, -0.15) is 0 Å². The van der Waals surface area contributed by atoms with Crippen LogP contribution < -0.4 is 5.73 Å². The molecule has 1 saturated heterocycles. The summed E-state index contributed by atoms with van der Waals surface area (Å²) < 4.78 is 10.4. The number of thiophene rings is 1. The molecule has 5 nitrogen and oxygen atoms in total. The Morgan fingerprint density at radius 2 is 2.29 bits per heavy atom. The maximum atomic E-state index is 11.6. The van der Waals surface area contributed by atoms with E-state index in [1.807, 2.05) is 0 Å². The molecule has 1 aliphatic heterocycles. The van der Waals surface area contributed by atoms with Gasteiger partial charge in [-0.15, -0.1) is 11.3 Å². The van der Waals surface area contributed by atoms with Gasteiger partial charge in [0.2, 0.25) is 0 Å². The highest BCUT2D eigenvalue weighted by atomic mass is 32.1. The van der Waals surface area contributed by atoms with E-state index in [2.05, 4.69) is 4.90 Å². The van der Waals surface area contributed by atoms with Gasteiger partial charge in [-0.05, 0) is 11.4 Å². The number of morpholine rings is 1. The van der Waals surface area contributed by atoms with Crippen LogP contribution in [-0.2, 0) is 9.47 Å². The molecule has 0 amide bonds. The maximum absolute atomic E-state index is 11.6. The van der Waals surface area contributed by atoms with Crippen LogP contribution in [0.3, 0.4) is 0 Å². The molecule has 2 N–H and O–H groups in total. The quantitative estimate of drug-likeness (QED) is 0.808. The lowest BCUT2D eigenvalue weighted by molar-refractivity contribution is 0.0198. The molecule has 1 aromatic rings.